The molecule has 0 fully saturated rings. The molecule has 5 amide bonds. The fraction of sp³-hybridized carbons (Fsp3) is 0.417. The molecule has 4 atom stereocenters. The van der Waals surface area contributed by atoms with Crippen molar-refractivity contribution in [1.29, 1.82) is 5.26 Å². The Morgan fingerprint density at radius 2 is 1.65 bits per heavy atom. The predicted octanol–water partition coefficient (Wildman–Crippen LogP) is 1.85. The molecule has 0 spiro atoms. The van der Waals surface area contributed by atoms with Crippen LogP contribution in [-0.2, 0) is 37.4 Å². The minimum Gasteiger partial charge on any atom is -0.492 e. The molecule has 0 radical (unpaired) electrons. The molecule has 1 aromatic heterocycles. The van der Waals surface area contributed by atoms with Crippen molar-refractivity contribution in [1.82, 2.24) is 36.1 Å². The maximum absolute atomic E-state index is 14.7. The summed E-state index contributed by atoms with van der Waals surface area (Å²) in [5, 5.41) is 19.9. The standard InChI is InChI=1S/C48H59N11O7/c1-27-35(26-54-42(55-27)32-7-9-36-30(24-32)12-14-48(36,3)4)44(61)57-37(13-15-49)47(64)59(5)41-31-8-11-40(66-21-18-52)34(25-31)33-22-29(6-10-39(33)65-20-17-51)23-38(45(62)53-19-16-50)58-43(60)28(2)56-46(41)63/h6-11,22,24-26,28,37-38,41H,12-15,17-21,23,49,51-52H2,1-5H3,(H,53,62)(H,56,63)(H,57,61)(H,58,60). The van der Waals surface area contributed by atoms with Crippen molar-refractivity contribution in [2.75, 3.05) is 46.4 Å². The van der Waals surface area contributed by atoms with Crippen LogP contribution in [0.15, 0.2) is 60.8 Å². The Hall–Kier alpha value is -6.94. The number of benzene rings is 3. The molecule has 2 aliphatic rings. The zero-order valence-electron chi connectivity index (χ0n) is 38.0. The highest BCUT2D eigenvalue weighted by Crippen LogP contribution is 2.41. The first-order chi connectivity index (χ1) is 31.6. The zero-order chi connectivity index (χ0) is 47.7. The SMILES string of the molecule is Cc1nc(-c2ccc3c(c2)CCC3(C)C)ncc1C(=O)NC(CCN)C(=O)N(C)C1C(=O)NC(C)C(=O)NC(C(=O)NCC#N)Cc2ccc(OCCN)c(c2)-c2cc1ccc2OCCN. The molecule has 4 bridgehead atoms. The van der Waals surface area contributed by atoms with Crippen molar-refractivity contribution >= 4 is 29.5 Å². The second-order valence-electron chi connectivity index (χ2n) is 17.1. The first kappa shape index (κ1) is 48.5. The predicted molar refractivity (Wildman–Crippen MR) is 247 cm³/mol. The number of likely N-dealkylation sites (N-methyl/N-ethyl adjacent to an activating group) is 1. The number of nitrogens with zero attached hydrogens (tertiary/aromatic N) is 4. The number of hydrogen-bond donors (Lipinski definition) is 7. The Labute approximate surface area is 384 Å². The van der Waals surface area contributed by atoms with Crippen molar-refractivity contribution in [2.45, 2.75) is 83.0 Å². The summed E-state index contributed by atoms with van der Waals surface area (Å²) in [6.45, 7) is 7.98. The molecule has 10 N–H and O–H groups in total. The molecule has 2 heterocycles. The van der Waals surface area contributed by atoms with Gasteiger partial charge in [0.2, 0.25) is 23.6 Å². The molecule has 0 saturated heterocycles. The normalized spacial score (nSPS) is 18.0. The van der Waals surface area contributed by atoms with E-state index in [0.29, 0.717) is 45.3 Å². The smallest absolute Gasteiger partial charge is 0.255 e. The molecule has 66 heavy (non-hydrogen) atoms. The van der Waals surface area contributed by atoms with Gasteiger partial charge in [0.15, 0.2) is 5.82 Å². The number of rotatable bonds is 15. The van der Waals surface area contributed by atoms with Crippen LogP contribution in [0.25, 0.3) is 22.5 Å². The fourth-order valence-corrected chi connectivity index (χ4v) is 8.38. The lowest BCUT2D eigenvalue weighted by atomic mass is 9.86. The summed E-state index contributed by atoms with van der Waals surface area (Å²) >= 11 is 0. The van der Waals surface area contributed by atoms with Gasteiger partial charge in [-0.25, -0.2) is 9.97 Å². The highest BCUT2D eigenvalue weighted by molar-refractivity contribution is 6.00. The third-order valence-electron chi connectivity index (χ3n) is 11.9. The summed E-state index contributed by atoms with van der Waals surface area (Å²) in [6, 6.07) is 13.3. The molecule has 1 aliphatic carbocycles. The van der Waals surface area contributed by atoms with Crippen molar-refractivity contribution < 1.29 is 33.4 Å². The van der Waals surface area contributed by atoms with Crippen molar-refractivity contribution in [3.8, 4) is 40.1 Å². The molecular formula is C48H59N11O7. The van der Waals surface area contributed by atoms with Crippen LogP contribution in [0, 0.1) is 18.3 Å². The lowest BCUT2D eigenvalue weighted by Crippen LogP contribution is -2.56. The molecule has 3 aromatic carbocycles. The number of aryl methyl sites for hydroxylation is 2. The van der Waals surface area contributed by atoms with Gasteiger partial charge in [0.25, 0.3) is 5.91 Å². The molecule has 0 saturated carbocycles. The number of nitrogens with two attached hydrogens (primary N) is 3. The van der Waals surface area contributed by atoms with E-state index >= 15 is 0 Å². The average Bonchev–Trinajstić information content (AvgIpc) is 3.61. The Bertz CT molecular complexity index is 2520. The van der Waals surface area contributed by atoms with Crippen LogP contribution in [0.1, 0.15) is 78.0 Å². The van der Waals surface area contributed by atoms with Crippen LogP contribution >= 0.6 is 0 Å². The van der Waals surface area contributed by atoms with Gasteiger partial charge < -0.3 is 52.8 Å². The van der Waals surface area contributed by atoms with Crippen LogP contribution in [0.4, 0.5) is 0 Å². The number of hydrogen-bond acceptors (Lipinski definition) is 13. The van der Waals surface area contributed by atoms with E-state index in [-0.39, 0.29) is 63.2 Å². The number of fused-ring (bicyclic) bond motifs is 6. The topological polar surface area (TPSA) is 283 Å². The number of ether oxygens (including phenoxy) is 2. The largest absolute Gasteiger partial charge is 0.492 e. The van der Waals surface area contributed by atoms with Gasteiger partial charge in [-0.3, -0.25) is 24.0 Å². The number of nitrogens with one attached hydrogen (secondary N) is 4. The van der Waals surface area contributed by atoms with E-state index in [0.717, 1.165) is 18.4 Å². The van der Waals surface area contributed by atoms with Gasteiger partial charge >= 0.3 is 0 Å². The van der Waals surface area contributed by atoms with Gasteiger partial charge in [-0.05, 0) is 97.7 Å². The van der Waals surface area contributed by atoms with Gasteiger partial charge in [-0.2, -0.15) is 5.26 Å². The Morgan fingerprint density at radius 1 is 0.955 bits per heavy atom. The van der Waals surface area contributed by atoms with E-state index in [1.54, 1.807) is 43.3 Å². The van der Waals surface area contributed by atoms with Gasteiger partial charge in [-0.15, -0.1) is 0 Å². The molecule has 348 valence electrons. The van der Waals surface area contributed by atoms with Crippen molar-refractivity contribution in [3.05, 3.63) is 94.3 Å². The Morgan fingerprint density at radius 3 is 2.32 bits per heavy atom. The van der Waals surface area contributed by atoms with E-state index in [9.17, 15) is 24.0 Å². The van der Waals surface area contributed by atoms with E-state index in [2.05, 4.69) is 57.2 Å². The summed E-state index contributed by atoms with van der Waals surface area (Å²) in [6.07, 6.45) is 3.45. The summed E-state index contributed by atoms with van der Waals surface area (Å²) in [4.78, 5) is 80.7. The highest BCUT2D eigenvalue weighted by Gasteiger charge is 2.36. The quantitative estimate of drug-likeness (QED) is 0.0841. The van der Waals surface area contributed by atoms with Crippen LogP contribution in [-0.4, -0.2) is 109 Å². The number of carbonyl (C=O) groups excluding carboxylic acids is 5. The van der Waals surface area contributed by atoms with E-state index in [1.807, 2.05) is 12.1 Å². The number of amides is 5. The molecule has 18 nitrogen and oxygen atoms in total. The summed E-state index contributed by atoms with van der Waals surface area (Å²) in [5.74, 6) is -2.10. The van der Waals surface area contributed by atoms with Crippen molar-refractivity contribution in [2.24, 2.45) is 17.2 Å². The van der Waals surface area contributed by atoms with Gasteiger partial charge in [0, 0.05) is 49.4 Å². The molecule has 4 unspecified atom stereocenters. The second kappa shape index (κ2) is 21.4. The number of carbonyl (C=O) groups is 5. The van der Waals surface area contributed by atoms with E-state index < -0.39 is 53.7 Å². The fourth-order valence-electron chi connectivity index (χ4n) is 8.38. The molecule has 4 aromatic rings. The van der Waals surface area contributed by atoms with Crippen LogP contribution in [0.5, 0.6) is 11.5 Å². The monoisotopic (exact) mass is 901 g/mol. The maximum atomic E-state index is 14.7. The van der Waals surface area contributed by atoms with Crippen LogP contribution < -0.4 is 47.9 Å². The Balaban J connectivity index is 1.37. The van der Waals surface area contributed by atoms with E-state index in [4.69, 9.17) is 31.9 Å². The zero-order valence-corrected chi connectivity index (χ0v) is 38.0. The second-order valence-corrected chi connectivity index (χ2v) is 17.1. The number of nitriles is 1. The molecule has 6 rings (SSSR count). The summed E-state index contributed by atoms with van der Waals surface area (Å²) in [7, 11) is 1.42. The van der Waals surface area contributed by atoms with Crippen LogP contribution in [0.3, 0.4) is 0 Å². The first-order valence-electron chi connectivity index (χ1n) is 22.0. The van der Waals surface area contributed by atoms with Gasteiger partial charge in [0.1, 0.15) is 55.4 Å². The van der Waals surface area contributed by atoms with Gasteiger partial charge in [0.05, 0.1) is 17.3 Å². The minimum atomic E-state index is -1.40. The third-order valence-corrected chi connectivity index (χ3v) is 11.9. The minimum absolute atomic E-state index is 0.00364. The molecular weight excluding hydrogens is 843 g/mol. The molecule has 1 aliphatic heterocycles. The lowest BCUT2D eigenvalue weighted by Gasteiger charge is -2.32. The third kappa shape index (κ3) is 10.9. The average molecular weight is 902 g/mol. The van der Waals surface area contributed by atoms with Crippen LogP contribution in [0.2, 0.25) is 0 Å². The van der Waals surface area contributed by atoms with Gasteiger partial charge in [-0.1, -0.05) is 38.1 Å². The number of aromatic nitrogens is 2. The summed E-state index contributed by atoms with van der Waals surface area (Å²) < 4.78 is 12.2. The highest BCUT2D eigenvalue weighted by atomic mass is 16.5. The molecule has 18 heteroatoms. The summed E-state index contributed by atoms with van der Waals surface area (Å²) in [5.41, 5.74) is 23.6. The first-order valence-corrected chi connectivity index (χ1v) is 22.0. The Kier molecular flexibility index (Phi) is 15.7. The van der Waals surface area contributed by atoms with E-state index in [1.165, 1.54) is 36.2 Å². The lowest BCUT2D eigenvalue weighted by molar-refractivity contribution is -0.141. The maximum Gasteiger partial charge on any atom is 0.255 e. The van der Waals surface area contributed by atoms with Crippen molar-refractivity contribution in [3.63, 3.8) is 0 Å².